The van der Waals surface area contributed by atoms with Gasteiger partial charge in [0.1, 0.15) is 0 Å². The van der Waals surface area contributed by atoms with Crippen molar-refractivity contribution in [1.82, 2.24) is 4.90 Å². The van der Waals surface area contributed by atoms with Crippen LogP contribution < -0.4 is 4.90 Å². The second-order valence-electron chi connectivity index (χ2n) is 4.66. The SMILES string of the molecule is CN1CC[NH+](C(C)(C)C)CC1. The molecule has 1 fully saturated rings. The Morgan fingerprint density at radius 1 is 1.09 bits per heavy atom. The fourth-order valence-corrected chi connectivity index (χ4v) is 1.64. The number of rotatable bonds is 0. The highest BCUT2D eigenvalue weighted by atomic mass is 15.3. The number of likely N-dealkylation sites (N-methyl/N-ethyl adjacent to an activating group) is 1. The average Bonchev–Trinajstić information content (AvgIpc) is 1.86. The molecule has 1 aliphatic heterocycles. The molecule has 1 aliphatic rings. The zero-order valence-electron chi connectivity index (χ0n) is 8.28. The molecule has 0 aromatic carbocycles. The minimum absolute atomic E-state index is 0.446. The molecule has 2 nitrogen and oxygen atoms in total. The van der Waals surface area contributed by atoms with Gasteiger partial charge in [0, 0.05) is 13.1 Å². The highest BCUT2D eigenvalue weighted by molar-refractivity contribution is 4.62. The van der Waals surface area contributed by atoms with Gasteiger partial charge in [-0.15, -0.1) is 0 Å². The van der Waals surface area contributed by atoms with E-state index in [1.165, 1.54) is 26.2 Å². The van der Waals surface area contributed by atoms with Crippen molar-refractivity contribution < 1.29 is 4.90 Å². The Bertz CT molecular complexity index is 118. The van der Waals surface area contributed by atoms with Crippen molar-refractivity contribution in [3.05, 3.63) is 0 Å². The summed E-state index contributed by atoms with van der Waals surface area (Å²) in [6.07, 6.45) is 0. The van der Waals surface area contributed by atoms with Crippen LogP contribution in [0.4, 0.5) is 0 Å². The molecule has 0 bridgehead atoms. The van der Waals surface area contributed by atoms with Gasteiger partial charge in [-0.05, 0) is 27.8 Å². The first-order valence-electron chi connectivity index (χ1n) is 4.54. The summed E-state index contributed by atoms with van der Waals surface area (Å²) >= 11 is 0. The normalized spacial score (nSPS) is 24.0. The quantitative estimate of drug-likeness (QED) is 0.503. The third kappa shape index (κ3) is 2.46. The van der Waals surface area contributed by atoms with E-state index < -0.39 is 0 Å². The Labute approximate surface area is 70.2 Å². The number of nitrogens with one attached hydrogen (secondary N) is 1. The lowest BCUT2D eigenvalue weighted by Gasteiger charge is -2.38. The number of hydrogen-bond acceptors (Lipinski definition) is 1. The van der Waals surface area contributed by atoms with Gasteiger partial charge in [0.2, 0.25) is 0 Å². The molecule has 1 N–H and O–H groups in total. The number of piperazine rings is 1. The summed E-state index contributed by atoms with van der Waals surface area (Å²) in [5.41, 5.74) is 0.446. The maximum atomic E-state index is 2.41. The summed E-state index contributed by atoms with van der Waals surface area (Å²) in [4.78, 5) is 4.16. The summed E-state index contributed by atoms with van der Waals surface area (Å²) in [6.45, 7) is 12.1. The highest BCUT2D eigenvalue weighted by Gasteiger charge is 2.27. The van der Waals surface area contributed by atoms with E-state index in [-0.39, 0.29) is 0 Å². The summed E-state index contributed by atoms with van der Waals surface area (Å²) in [7, 11) is 2.21. The maximum Gasteiger partial charge on any atom is 0.0904 e. The van der Waals surface area contributed by atoms with E-state index in [0.717, 1.165) is 0 Å². The van der Waals surface area contributed by atoms with E-state index >= 15 is 0 Å². The molecule has 1 heterocycles. The van der Waals surface area contributed by atoms with E-state index in [4.69, 9.17) is 0 Å². The molecule has 1 rings (SSSR count). The number of nitrogens with zero attached hydrogens (tertiary/aromatic N) is 1. The van der Waals surface area contributed by atoms with Crippen molar-refractivity contribution >= 4 is 0 Å². The molecule has 0 atom stereocenters. The van der Waals surface area contributed by atoms with Crippen LogP contribution in [0.15, 0.2) is 0 Å². The van der Waals surface area contributed by atoms with Gasteiger partial charge in [0.05, 0.1) is 18.6 Å². The van der Waals surface area contributed by atoms with E-state index in [1.807, 2.05) is 0 Å². The summed E-state index contributed by atoms with van der Waals surface area (Å²) in [6, 6.07) is 0. The minimum atomic E-state index is 0.446. The standard InChI is InChI=1S/C9H20N2/c1-9(2,3)11-7-5-10(4)6-8-11/h5-8H2,1-4H3/p+1. The van der Waals surface area contributed by atoms with Gasteiger partial charge in [-0.1, -0.05) is 0 Å². The molecule has 0 aromatic rings. The van der Waals surface area contributed by atoms with Gasteiger partial charge in [0.15, 0.2) is 0 Å². The predicted octanol–water partition coefficient (Wildman–Crippen LogP) is -0.385. The monoisotopic (exact) mass is 157 g/mol. The fourth-order valence-electron chi connectivity index (χ4n) is 1.64. The van der Waals surface area contributed by atoms with Crippen LogP contribution in [0.2, 0.25) is 0 Å². The Morgan fingerprint density at radius 2 is 1.55 bits per heavy atom. The lowest BCUT2D eigenvalue weighted by atomic mass is 10.1. The highest BCUT2D eigenvalue weighted by Crippen LogP contribution is 1.94. The molecule has 2 heteroatoms. The molecule has 0 spiro atoms. The second-order valence-corrected chi connectivity index (χ2v) is 4.66. The van der Waals surface area contributed by atoms with Crippen molar-refractivity contribution in [2.75, 3.05) is 33.2 Å². The van der Waals surface area contributed by atoms with Gasteiger partial charge in [0.25, 0.3) is 0 Å². The maximum absolute atomic E-state index is 2.41. The minimum Gasteiger partial charge on any atom is -0.329 e. The third-order valence-electron chi connectivity index (χ3n) is 2.65. The average molecular weight is 157 g/mol. The smallest absolute Gasteiger partial charge is 0.0904 e. The fraction of sp³-hybridized carbons (Fsp3) is 1.00. The molecule has 0 aromatic heterocycles. The number of hydrogen-bond donors (Lipinski definition) is 1. The van der Waals surface area contributed by atoms with E-state index in [1.54, 1.807) is 4.90 Å². The zero-order valence-corrected chi connectivity index (χ0v) is 8.28. The molecule has 0 radical (unpaired) electrons. The van der Waals surface area contributed by atoms with E-state index in [0.29, 0.717) is 5.54 Å². The van der Waals surface area contributed by atoms with Crippen molar-refractivity contribution in [1.29, 1.82) is 0 Å². The van der Waals surface area contributed by atoms with Crippen LogP contribution in [0.3, 0.4) is 0 Å². The zero-order chi connectivity index (χ0) is 8.48. The molecule has 0 amide bonds. The summed E-state index contributed by atoms with van der Waals surface area (Å²) in [5, 5.41) is 0. The van der Waals surface area contributed by atoms with Gasteiger partial charge in [-0.25, -0.2) is 0 Å². The van der Waals surface area contributed by atoms with Gasteiger partial charge in [-0.2, -0.15) is 0 Å². The molecule has 0 unspecified atom stereocenters. The van der Waals surface area contributed by atoms with Crippen LogP contribution in [-0.2, 0) is 0 Å². The van der Waals surface area contributed by atoms with Crippen LogP contribution in [-0.4, -0.2) is 43.7 Å². The molecule has 0 saturated carbocycles. The van der Waals surface area contributed by atoms with Crippen LogP contribution in [0.1, 0.15) is 20.8 Å². The first-order valence-corrected chi connectivity index (χ1v) is 4.54. The third-order valence-corrected chi connectivity index (χ3v) is 2.65. The van der Waals surface area contributed by atoms with Crippen LogP contribution in [0.5, 0.6) is 0 Å². The van der Waals surface area contributed by atoms with Crippen molar-refractivity contribution in [3.8, 4) is 0 Å². The van der Waals surface area contributed by atoms with Crippen LogP contribution >= 0.6 is 0 Å². The van der Waals surface area contributed by atoms with E-state index in [9.17, 15) is 0 Å². The van der Waals surface area contributed by atoms with Crippen LogP contribution in [0, 0.1) is 0 Å². The van der Waals surface area contributed by atoms with Crippen molar-refractivity contribution in [2.45, 2.75) is 26.3 Å². The van der Waals surface area contributed by atoms with Crippen molar-refractivity contribution in [2.24, 2.45) is 0 Å². The van der Waals surface area contributed by atoms with Gasteiger partial charge >= 0.3 is 0 Å². The molecular formula is C9H21N2+. The van der Waals surface area contributed by atoms with Crippen LogP contribution in [0.25, 0.3) is 0 Å². The summed E-state index contributed by atoms with van der Waals surface area (Å²) < 4.78 is 0. The molecule has 1 saturated heterocycles. The largest absolute Gasteiger partial charge is 0.329 e. The van der Waals surface area contributed by atoms with E-state index in [2.05, 4.69) is 32.7 Å². The number of quaternary nitrogens is 1. The molecule has 66 valence electrons. The lowest BCUT2D eigenvalue weighted by molar-refractivity contribution is -0.950. The first kappa shape index (κ1) is 9.01. The van der Waals surface area contributed by atoms with Gasteiger partial charge < -0.3 is 4.90 Å². The second kappa shape index (κ2) is 3.11. The Kier molecular flexibility index (Phi) is 2.55. The Hall–Kier alpha value is -0.0800. The Balaban J connectivity index is 2.39. The first-order chi connectivity index (χ1) is 5.00. The predicted molar refractivity (Wildman–Crippen MR) is 47.9 cm³/mol. The van der Waals surface area contributed by atoms with Gasteiger partial charge in [-0.3, -0.25) is 4.90 Å². The molecule has 0 aliphatic carbocycles. The lowest BCUT2D eigenvalue weighted by Crippen LogP contribution is -3.21. The molecule has 11 heavy (non-hydrogen) atoms. The topological polar surface area (TPSA) is 7.68 Å². The Morgan fingerprint density at radius 3 is 1.91 bits per heavy atom. The molecular weight excluding hydrogens is 136 g/mol. The van der Waals surface area contributed by atoms with Crippen molar-refractivity contribution in [3.63, 3.8) is 0 Å². The summed E-state index contributed by atoms with van der Waals surface area (Å²) in [5.74, 6) is 0.